The smallest absolute Gasteiger partial charge is 0.320 e. The van der Waals surface area contributed by atoms with Gasteiger partial charge in [0, 0.05) is 19.2 Å². The van der Waals surface area contributed by atoms with E-state index in [1.54, 1.807) is 18.3 Å². The van der Waals surface area contributed by atoms with Crippen molar-refractivity contribution in [1.82, 2.24) is 10.3 Å². The maximum absolute atomic E-state index is 12.0. The number of ether oxygens (including phenoxy) is 2. The Balaban J connectivity index is 1.69. The Hall–Kier alpha value is -2.33. The molecule has 0 radical (unpaired) electrons. The Morgan fingerprint density at radius 1 is 1.38 bits per heavy atom. The Bertz CT molecular complexity index is 603. The van der Waals surface area contributed by atoms with Crippen molar-refractivity contribution in [2.75, 3.05) is 25.1 Å². The van der Waals surface area contributed by atoms with E-state index in [1.807, 2.05) is 0 Å². The molecule has 0 bridgehead atoms. The van der Waals surface area contributed by atoms with Gasteiger partial charge in [-0.3, -0.25) is 5.32 Å². The second-order valence-electron chi connectivity index (χ2n) is 6.51. The van der Waals surface area contributed by atoms with Crippen molar-refractivity contribution in [3.8, 4) is 11.8 Å². The summed E-state index contributed by atoms with van der Waals surface area (Å²) in [5, 5.41) is 14.0. The van der Waals surface area contributed by atoms with Crippen LogP contribution in [0, 0.1) is 17.2 Å². The van der Waals surface area contributed by atoms with Crippen LogP contribution in [-0.2, 0) is 4.74 Å². The van der Waals surface area contributed by atoms with Crippen LogP contribution in [0.5, 0.6) is 5.75 Å². The normalized spacial score (nSPS) is 19.4. The molecule has 0 saturated heterocycles. The highest BCUT2D eigenvalue weighted by molar-refractivity contribution is 5.89. The molecule has 1 aromatic heterocycles. The molecule has 1 fully saturated rings. The lowest BCUT2D eigenvalue weighted by Crippen LogP contribution is -2.34. The average molecular weight is 360 g/mol. The maximum atomic E-state index is 12.0. The summed E-state index contributed by atoms with van der Waals surface area (Å²) >= 11 is 0. The van der Waals surface area contributed by atoms with Crippen molar-refractivity contribution in [2.45, 2.75) is 51.6 Å². The van der Waals surface area contributed by atoms with Gasteiger partial charge in [-0.1, -0.05) is 19.8 Å². The molecule has 0 aliphatic heterocycles. The molecule has 7 heteroatoms. The van der Waals surface area contributed by atoms with Crippen LogP contribution < -0.4 is 15.4 Å². The summed E-state index contributed by atoms with van der Waals surface area (Å²) < 4.78 is 11.5. The fourth-order valence-electron chi connectivity index (χ4n) is 2.99. The van der Waals surface area contributed by atoms with Gasteiger partial charge in [0.05, 0.1) is 25.4 Å². The summed E-state index contributed by atoms with van der Waals surface area (Å²) in [7, 11) is 0. The monoisotopic (exact) mass is 360 g/mol. The van der Waals surface area contributed by atoms with Crippen molar-refractivity contribution >= 4 is 11.8 Å². The van der Waals surface area contributed by atoms with Crippen molar-refractivity contribution in [3.63, 3.8) is 0 Å². The number of carbonyl (C=O) groups is 1. The summed E-state index contributed by atoms with van der Waals surface area (Å²) in [6.07, 6.45) is 7.79. The van der Waals surface area contributed by atoms with Crippen LogP contribution in [0.1, 0.15) is 45.4 Å². The minimum atomic E-state index is -0.342. The molecule has 1 saturated carbocycles. The van der Waals surface area contributed by atoms with Gasteiger partial charge in [-0.05, 0) is 37.3 Å². The predicted molar refractivity (Wildman–Crippen MR) is 99.0 cm³/mol. The van der Waals surface area contributed by atoms with Crippen LogP contribution in [0.25, 0.3) is 0 Å². The fraction of sp³-hybridized carbons (Fsp3) is 0.632. The van der Waals surface area contributed by atoms with E-state index in [0.29, 0.717) is 56.2 Å². The van der Waals surface area contributed by atoms with Crippen LogP contribution in [0.2, 0.25) is 0 Å². The summed E-state index contributed by atoms with van der Waals surface area (Å²) in [6, 6.07) is 5.20. The lowest BCUT2D eigenvalue weighted by molar-refractivity contribution is -0.00232. The number of hydrogen-bond acceptors (Lipinski definition) is 5. The lowest BCUT2D eigenvalue weighted by Gasteiger charge is -2.28. The molecule has 0 spiro atoms. The third-order valence-corrected chi connectivity index (χ3v) is 4.45. The molecule has 26 heavy (non-hydrogen) atoms. The zero-order chi connectivity index (χ0) is 18.6. The minimum Gasteiger partial charge on any atom is -0.490 e. The van der Waals surface area contributed by atoms with Gasteiger partial charge in [-0.25, -0.2) is 9.78 Å². The fourth-order valence-corrected chi connectivity index (χ4v) is 2.99. The average Bonchev–Trinajstić information content (AvgIpc) is 2.65. The number of amides is 2. The van der Waals surface area contributed by atoms with Crippen molar-refractivity contribution in [2.24, 2.45) is 5.92 Å². The number of nitriles is 1. The molecule has 7 nitrogen and oxygen atoms in total. The third-order valence-electron chi connectivity index (χ3n) is 4.45. The van der Waals surface area contributed by atoms with E-state index >= 15 is 0 Å². The molecular formula is C19H28N4O3. The molecule has 2 atom stereocenters. The van der Waals surface area contributed by atoms with Crippen LogP contribution in [0.3, 0.4) is 0 Å². The highest BCUT2D eigenvalue weighted by Crippen LogP contribution is 2.26. The molecule has 1 heterocycles. The highest BCUT2D eigenvalue weighted by atomic mass is 16.5. The van der Waals surface area contributed by atoms with Crippen LogP contribution >= 0.6 is 0 Å². The SMILES string of the molecule is CC1CCCCC1OCCNC(=O)Nc1ncccc1OCCCC#N. The molecule has 2 N–H and O–H groups in total. The topological polar surface area (TPSA) is 96.3 Å². The minimum absolute atomic E-state index is 0.304. The first-order chi connectivity index (χ1) is 12.7. The van der Waals surface area contributed by atoms with E-state index in [0.717, 1.165) is 6.42 Å². The number of rotatable bonds is 9. The molecule has 2 unspecified atom stereocenters. The zero-order valence-corrected chi connectivity index (χ0v) is 15.4. The second kappa shape index (κ2) is 11.3. The van der Waals surface area contributed by atoms with Crippen LogP contribution in [0.15, 0.2) is 18.3 Å². The predicted octanol–water partition coefficient (Wildman–Crippen LogP) is 3.48. The Kier molecular flexibility index (Phi) is 8.70. The summed E-state index contributed by atoms with van der Waals surface area (Å²) in [4.78, 5) is 16.2. The number of carbonyl (C=O) groups excluding carboxylic acids is 1. The highest BCUT2D eigenvalue weighted by Gasteiger charge is 2.21. The standard InChI is InChI=1S/C19H28N4O3/c1-15-7-2-3-8-16(15)26-14-12-22-19(24)23-18-17(9-6-11-21-18)25-13-5-4-10-20/h6,9,11,15-16H,2-5,7-8,12-14H2,1H3,(H2,21,22,23,24). The maximum Gasteiger partial charge on any atom is 0.320 e. The van der Waals surface area contributed by atoms with Crippen LogP contribution in [-0.4, -0.2) is 36.9 Å². The van der Waals surface area contributed by atoms with E-state index in [9.17, 15) is 4.79 Å². The quantitative estimate of drug-likeness (QED) is 0.657. The van der Waals surface area contributed by atoms with E-state index < -0.39 is 0 Å². The molecule has 2 rings (SSSR count). The summed E-state index contributed by atoms with van der Waals surface area (Å²) in [5.41, 5.74) is 0. The number of unbranched alkanes of at least 4 members (excludes halogenated alkanes) is 1. The van der Waals surface area contributed by atoms with Gasteiger partial charge in [0.25, 0.3) is 0 Å². The number of nitrogens with zero attached hydrogens (tertiary/aromatic N) is 2. The van der Waals surface area contributed by atoms with Gasteiger partial charge in [-0.2, -0.15) is 5.26 Å². The number of hydrogen-bond donors (Lipinski definition) is 2. The Morgan fingerprint density at radius 3 is 3.04 bits per heavy atom. The third kappa shape index (κ3) is 6.89. The second-order valence-corrected chi connectivity index (χ2v) is 6.51. The van der Waals surface area contributed by atoms with Gasteiger partial charge < -0.3 is 14.8 Å². The van der Waals surface area contributed by atoms with E-state index in [1.165, 1.54) is 19.3 Å². The van der Waals surface area contributed by atoms with Crippen molar-refractivity contribution in [3.05, 3.63) is 18.3 Å². The summed E-state index contributed by atoms with van der Waals surface area (Å²) in [5.74, 6) is 1.45. The molecule has 1 aliphatic rings. The molecule has 2 amide bonds. The Morgan fingerprint density at radius 2 is 2.23 bits per heavy atom. The van der Waals surface area contributed by atoms with E-state index in [4.69, 9.17) is 14.7 Å². The number of pyridine rings is 1. The zero-order valence-electron chi connectivity index (χ0n) is 15.4. The van der Waals surface area contributed by atoms with Gasteiger partial charge in [0.1, 0.15) is 0 Å². The number of nitrogens with one attached hydrogen (secondary N) is 2. The van der Waals surface area contributed by atoms with Crippen molar-refractivity contribution < 1.29 is 14.3 Å². The van der Waals surface area contributed by atoms with Gasteiger partial charge in [0.2, 0.25) is 0 Å². The number of urea groups is 1. The molecule has 1 aliphatic carbocycles. The summed E-state index contributed by atoms with van der Waals surface area (Å²) in [6.45, 7) is 3.58. The molecule has 1 aromatic rings. The first kappa shape index (κ1) is 20.0. The van der Waals surface area contributed by atoms with Crippen LogP contribution in [0.4, 0.5) is 10.6 Å². The van der Waals surface area contributed by atoms with E-state index in [-0.39, 0.29) is 6.03 Å². The molecule has 0 aromatic carbocycles. The Labute approximate surface area is 155 Å². The molecular weight excluding hydrogens is 332 g/mol. The van der Waals surface area contributed by atoms with Gasteiger partial charge >= 0.3 is 6.03 Å². The largest absolute Gasteiger partial charge is 0.490 e. The van der Waals surface area contributed by atoms with Gasteiger partial charge in [0.15, 0.2) is 11.6 Å². The number of aromatic nitrogens is 1. The first-order valence-electron chi connectivity index (χ1n) is 9.32. The molecule has 142 valence electrons. The lowest BCUT2D eigenvalue weighted by atomic mass is 9.88. The van der Waals surface area contributed by atoms with Crippen molar-refractivity contribution in [1.29, 1.82) is 5.26 Å². The number of anilines is 1. The van der Waals surface area contributed by atoms with E-state index in [2.05, 4.69) is 28.6 Å². The van der Waals surface area contributed by atoms with Gasteiger partial charge in [-0.15, -0.1) is 0 Å². The first-order valence-corrected chi connectivity index (χ1v) is 9.32.